The molecule has 0 radical (unpaired) electrons. The van der Waals surface area contributed by atoms with Crippen LogP contribution in [0.3, 0.4) is 0 Å². The van der Waals surface area contributed by atoms with E-state index in [9.17, 15) is 4.79 Å². The molecule has 6 heteroatoms. The maximum atomic E-state index is 12.6. The van der Waals surface area contributed by atoms with Crippen molar-refractivity contribution in [3.8, 4) is 11.3 Å². The number of piperidine rings is 1. The SMILES string of the molecule is Cl.Cl.O=c1cc(-c2ccc3c(n2)CCC3)cc2n1C[C@@H]1CNC[C@H]2C1. The molecule has 1 N–H and O–H groups in total. The van der Waals surface area contributed by atoms with Gasteiger partial charge in [-0.05, 0) is 55.8 Å². The number of aromatic nitrogens is 2. The lowest BCUT2D eigenvalue weighted by atomic mass is 9.83. The van der Waals surface area contributed by atoms with Gasteiger partial charge in [-0.1, -0.05) is 6.07 Å². The summed E-state index contributed by atoms with van der Waals surface area (Å²) in [6.07, 6.45) is 4.62. The maximum Gasteiger partial charge on any atom is 0.251 e. The molecule has 1 saturated heterocycles. The number of halogens is 2. The molecule has 25 heavy (non-hydrogen) atoms. The van der Waals surface area contributed by atoms with Gasteiger partial charge in [-0.3, -0.25) is 9.78 Å². The van der Waals surface area contributed by atoms with Gasteiger partial charge < -0.3 is 9.88 Å². The zero-order valence-electron chi connectivity index (χ0n) is 14.0. The predicted octanol–water partition coefficient (Wildman–Crippen LogP) is 2.95. The van der Waals surface area contributed by atoms with Crippen molar-refractivity contribution in [2.75, 3.05) is 13.1 Å². The van der Waals surface area contributed by atoms with Crippen molar-refractivity contribution in [3.63, 3.8) is 0 Å². The number of hydrogen-bond acceptors (Lipinski definition) is 3. The summed E-state index contributed by atoms with van der Waals surface area (Å²) >= 11 is 0. The Morgan fingerprint density at radius 1 is 1.12 bits per heavy atom. The molecular formula is C19H23Cl2N3O. The molecule has 1 fully saturated rings. The summed E-state index contributed by atoms with van der Waals surface area (Å²) in [7, 11) is 0. The second-order valence-corrected chi connectivity index (χ2v) is 7.23. The zero-order valence-corrected chi connectivity index (χ0v) is 15.7. The maximum absolute atomic E-state index is 12.6. The second kappa shape index (κ2) is 7.10. The summed E-state index contributed by atoms with van der Waals surface area (Å²) in [5, 5.41) is 3.51. The smallest absolute Gasteiger partial charge is 0.251 e. The van der Waals surface area contributed by atoms with E-state index in [1.165, 1.54) is 29.8 Å². The summed E-state index contributed by atoms with van der Waals surface area (Å²) in [6, 6.07) is 8.27. The normalized spacial score (nSPS) is 23.0. The highest BCUT2D eigenvalue weighted by Gasteiger charge is 2.31. The predicted molar refractivity (Wildman–Crippen MR) is 104 cm³/mol. The largest absolute Gasteiger partial charge is 0.316 e. The monoisotopic (exact) mass is 379 g/mol. The van der Waals surface area contributed by atoms with E-state index in [4.69, 9.17) is 4.98 Å². The van der Waals surface area contributed by atoms with Crippen LogP contribution in [-0.4, -0.2) is 22.6 Å². The van der Waals surface area contributed by atoms with Gasteiger partial charge in [0, 0.05) is 42.0 Å². The molecule has 2 bridgehead atoms. The molecule has 4 heterocycles. The van der Waals surface area contributed by atoms with Crippen molar-refractivity contribution in [3.05, 3.63) is 51.6 Å². The van der Waals surface area contributed by atoms with E-state index in [2.05, 4.69) is 23.5 Å². The van der Waals surface area contributed by atoms with E-state index in [0.717, 1.165) is 43.7 Å². The van der Waals surface area contributed by atoms with Crippen LogP contribution in [0.15, 0.2) is 29.1 Å². The molecule has 5 rings (SSSR count). The van der Waals surface area contributed by atoms with Crippen molar-refractivity contribution < 1.29 is 0 Å². The minimum Gasteiger partial charge on any atom is -0.316 e. The molecule has 0 saturated carbocycles. The van der Waals surface area contributed by atoms with E-state index in [-0.39, 0.29) is 30.4 Å². The Labute approximate surface area is 159 Å². The Balaban J connectivity index is 0.000000911. The van der Waals surface area contributed by atoms with Gasteiger partial charge in [0.1, 0.15) is 0 Å². The van der Waals surface area contributed by atoms with E-state index in [1.54, 1.807) is 6.07 Å². The van der Waals surface area contributed by atoms with Gasteiger partial charge in [-0.15, -0.1) is 24.8 Å². The fraction of sp³-hybridized carbons (Fsp3) is 0.474. The van der Waals surface area contributed by atoms with Gasteiger partial charge in [-0.2, -0.15) is 0 Å². The Bertz CT molecular complexity index is 849. The number of aryl methyl sites for hydroxylation is 2. The topological polar surface area (TPSA) is 46.9 Å². The van der Waals surface area contributed by atoms with Gasteiger partial charge in [0.2, 0.25) is 0 Å². The summed E-state index contributed by atoms with van der Waals surface area (Å²) in [5.74, 6) is 1.06. The van der Waals surface area contributed by atoms with Gasteiger partial charge in [0.25, 0.3) is 5.56 Å². The minimum atomic E-state index is 0. The molecule has 2 aliphatic heterocycles. The lowest BCUT2D eigenvalue weighted by Gasteiger charge is -2.37. The Morgan fingerprint density at radius 2 is 2.00 bits per heavy atom. The van der Waals surface area contributed by atoms with Crippen molar-refractivity contribution in [1.29, 1.82) is 0 Å². The molecule has 0 amide bonds. The van der Waals surface area contributed by atoms with Crippen LogP contribution >= 0.6 is 24.8 Å². The molecule has 2 aromatic heterocycles. The summed E-state index contributed by atoms with van der Waals surface area (Å²) < 4.78 is 2.00. The second-order valence-electron chi connectivity index (χ2n) is 7.23. The first-order valence-corrected chi connectivity index (χ1v) is 8.72. The summed E-state index contributed by atoms with van der Waals surface area (Å²) in [6.45, 7) is 2.88. The third-order valence-electron chi connectivity index (χ3n) is 5.68. The molecular weight excluding hydrogens is 357 g/mol. The van der Waals surface area contributed by atoms with Crippen LogP contribution < -0.4 is 10.9 Å². The molecule has 0 unspecified atom stereocenters. The molecule has 134 valence electrons. The molecule has 2 aromatic rings. The Kier molecular flexibility index (Phi) is 5.24. The zero-order chi connectivity index (χ0) is 15.4. The Hall–Kier alpha value is -1.36. The number of fused-ring (bicyclic) bond motifs is 5. The van der Waals surface area contributed by atoms with Crippen molar-refractivity contribution in [2.24, 2.45) is 5.92 Å². The number of nitrogens with zero attached hydrogens (tertiary/aromatic N) is 2. The lowest BCUT2D eigenvalue weighted by Crippen LogP contribution is -2.44. The molecule has 0 spiro atoms. The van der Waals surface area contributed by atoms with Crippen molar-refractivity contribution in [2.45, 2.75) is 38.1 Å². The highest BCUT2D eigenvalue weighted by Crippen LogP contribution is 2.33. The molecule has 2 atom stereocenters. The average molecular weight is 380 g/mol. The van der Waals surface area contributed by atoms with Crippen molar-refractivity contribution >= 4 is 24.8 Å². The lowest BCUT2D eigenvalue weighted by molar-refractivity contribution is 0.257. The van der Waals surface area contributed by atoms with Gasteiger partial charge in [0.15, 0.2) is 0 Å². The highest BCUT2D eigenvalue weighted by molar-refractivity contribution is 5.85. The van der Waals surface area contributed by atoms with E-state index in [0.29, 0.717) is 11.8 Å². The number of hydrogen-bond donors (Lipinski definition) is 1. The standard InChI is InChI=1S/C19H21N3O.2ClH/c23-19-8-14(17-5-4-13-2-1-3-16(13)21-17)7-18-15-6-12(9-20-10-15)11-22(18)19;;/h4-5,7-8,12,15,20H,1-3,6,9-11H2;2*1H/t12-,15+;;/m0../s1. The highest BCUT2D eigenvalue weighted by atomic mass is 35.5. The fourth-order valence-corrected chi connectivity index (χ4v) is 4.53. The van der Waals surface area contributed by atoms with E-state index in [1.807, 2.05) is 4.57 Å². The van der Waals surface area contributed by atoms with Gasteiger partial charge in [-0.25, -0.2) is 0 Å². The van der Waals surface area contributed by atoms with Crippen LogP contribution in [0.4, 0.5) is 0 Å². The molecule has 1 aliphatic carbocycles. The van der Waals surface area contributed by atoms with Crippen LogP contribution in [0.1, 0.15) is 35.7 Å². The third kappa shape index (κ3) is 3.12. The fourth-order valence-electron chi connectivity index (χ4n) is 4.53. The van der Waals surface area contributed by atoms with E-state index >= 15 is 0 Å². The molecule has 0 aromatic carbocycles. The van der Waals surface area contributed by atoms with Crippen molar-refractivity contribution in [1.82, 2.24) is 14.9 Å². The van der Waals surface area contributed by atoms with Crippen LogP contribution in [0.2, 0.25) is 0 Å². The number of pyridine rings is 2. The first-order valence-electron chi connectivity index (χ1n) is 8.72. The van der Waals surface area contributed by atoms with E-state index < -0.39 is 0 Å². The minimum absolute atomic E-state index is 0. The van der Waals surface area contributed by atoms with Gasteiger partial charge >= 0.3 is 0 Å². The Morgan fingerprint density at radius 3 is 2.88 bits per heavy atom. The quantitative estimate of drug-likeness (QED) is 0.828. The summed E-state index contributed by atoms with van der Waals surface area (Å²) in [5.41, 5.74) is 5.87. The third-order valence-corrected chi connectivity index (χ3v) is 5.68. The first-order chi connectivity index (χ1) is 11.3. The van der Waals surface area contributed by atoms with Gasteiger partial charge in [0.05, 0.1) is 5.69 Å². The van der Waals surface area contributed by atoms with Crippen LogP contribution in [0.5, 0.6) is 0 Å². The number of rotatable bonds is 1. The number of nitrogens with one attached hydrogen (secondary N) is 1. The van der Waals surface area contributed by atoms with Crippen LogP contribution in [-0.2, 0) is 19.4 Å². The first kappa shape index (κ1) is 18.4. The summed E-state index contributed by atoms with van der Waals surface area (Å²) in [4.78, 5) is 17.5. The molecule has 3 aliphatic rings. The molecule has 4 nitrogen and oxygen atoms in total. The van der Waals surface area contributed by atoms with Crippen LogP contribution in [0.25, 0.3) is 11.3 Å². The average Bonchev–Trinajstić information content (AvgIpc) is 3.03. The van der Waals surface area contributed by atoms with Crippen LogP contribution in [0, 0.1) is 5.92 Å².